The average molecular weight is 792 g/mol. The Morgan fingerprint density at radius 2 is 1.45 bits per heavy atom. The fraction of sp³-hybridized carbons (Fsp3) is 0.750. The second-order valence-corrected chi connectivity index (χ2v) is 31.1. The molecule has 0 saturated heterocycles. The van der Waals surface area contributed by atoms with E-state index in [1.54, 1.807) is 6.92 Å². The van der Waals surface area contributed by atoms with Crippen LogP contribution in [0.1, 0.15) is 107 Å². The first-order valence-corrected chi connectivity index (χ1v) is 26.9. The average Bonchev–Trinajstić information content (AvgIpc) is 3.56. The molecule has 304 valence electrons. The molecule has 4 aliphatic carbocycles. The first-order valence-electron chi connectivity index (χ1n) is 21.1. The maximum Gasteiger partial charge on any atom is 0.352 e. The van der Waals surface area contributed by atoms with Crippen LogP contribution in [-0.2, 0) is 29.5 Å². The summed E-state index contributed by atoms with van der Waals surface area (Å²) in [5, 5.41) is -0.0176. The maximum absolute atomic E-state index is 15.4. The zero-order chi connectivity index (χ0) is 40.4. The molecular formula is C44H69N3O6Si2. The van der Waals surface area contributed by atoms with Crippen LogP contribution in [0.4, 0.5) is 0 Å². The van der Waals surface area contributed by atoms with Crippen LogP contribution < -0.4 is 11.4 Å². The highest BCUT2D eigenvalue weighted by atomic mass is 28.4. The van der Waals surface area contributed by atoms with Crippen LogP contribution >= 0.6 is 0 Å². The fourth-order valence-electron chi connectivity index (χ4n) is 11.6. The van der Waals surface area contributed by atoms with Crippen LogP contribution in [0.2, 0.25) is 36.3 Å². The zero-order valence-electron chi connectivity index (χ0n) is 36.1. The van der Waals surface area contributed by atoms with E-state index in [9.17, 15) is 4.79 Å². The molecule has 2 aromatic rings. The van der Waals surface area contributed by atoms with Crippen LogP contribution in [0.3, 0.4) is 0 Å². The monoisotopic (exact) mass is 791 g/mol. The predicted octanol–water partition coefficient (Wildman–Crippen LogP) is 8.79. The van der Waals surface area contributed by atoms with Crippen LogP contribution in [0.15, 0.2) is 52.1 Å². The fourth-order valence-corrected chi connectivity index (χ4v) is 14.4. The van der Waals surface area contributed by atoms with E-state index in [-0.39, 0.29) is 62.6 Å². The first-order chi connectivity index (χ1) is 25.4. The Kier molecular flexibility index (Phi) is 9.73. The molecule has 2 spiro atoms. The normalized spacial score (nSPS) is 35.6. The zero-order valence-corrected chi connectivity index (χ0v) is 38.1. The van der Waals surface area contributed by atoms with Gasteiger partial charge in [-0.1, -0.05) is 85.7 Å². The highest BCUT2D eigenvalue weighted by Crippen LogP contribution is 2.74. The Bertz CT molecular complexity index is 1970. The molecule has 0 N–H and O–H groups in total. The number of benzene rings is 1. The van der Waals surface area contributed by atoms with Gasteiger partial charge in [0.05, 0.1) is 35.6 Å². The standard InChI is InChI=1S/C44H69N3O6Si2/c1-30(48)22-26-51-29-31-19-20-34-41(31,8)23-21-35-42(9)36(53-55(12,13)40(5,6)7)27-33(52-54(10,11)39(2,3)4)28-43(42)24-25-44(34,35)47-38(50)45(37(49)46(43)47)32-17-15-14-16-18-32/h14-18,24-25,31,33-36H,19-23,26-29H2,1-13H3/t31-,33+,34-,35-,36+,41-,42+,43-,44+/m1/s1. The second kappa shape index (κ2) is 13.1. The summed E-state index contributed by atoms with van der Waals surface area (Å²) in [5.74, 6) is 0.596. The van der Waals surface area contributed by atoms with E-state index < -0.39 is 33.1 Å². The molecule has 9 nitrogen and oxygen atoms in total. The molecule has 0 amide bonds. The molecule has 1 aromatic heterocycles. The van der Waals surface area contributed by atoms with Gasteiger partial charge in [0, 0.05) is 24.9 Å². The van der Waals surface area contributed by atoms with Crippen molar-refractivity contribution in [2.75, 3.05) is 13.2 Å². The van der Waals surface area contributed by atoms with E-state index in [1.165, 1.54) is 4.57 Å². The van der Waals surface area contributed by atoms with E-state index >= 15 is 9.59 Å². The summed E-state index contributed by atoms with van der Waals surface area (Å²) in [4.78, 5) is 42.5. The molecule has 6 aliphatic rings. The molecule has 9 atom stereocenters. The Morgan fingerprint density at radius 3 is 2.07 bits per heavy atom. The Morgan fingerprint density at radius 1 is 0.836 bits per heavy atom. The predicted molar refractivity (Wildman–Crippen MR) is 224 cm³/mol. The first kappa shape index (κ1) is 40.9. The van der Waals surface area contributed by atoms with Crippen molar-refractivity contribution in [2.24, 2.45) is 28.6 Å². The topological polar surface area (TPSA) is 93.7 Å². The van der Waals surface area contributed by atoms with Crippen molar-refractivity contribution in [3.63, 3.8) is 0 Å². The molecule has 3 fully saturated rings. The van der Waals surface area contributed by atoms with Gasteiger partial charge in [0.2, 0.25) is 0 Å². The quantitative estimate of drug-likeness (QED) is 0.136. The summed E-state index contributed by atoms with van der Waals surface area (Å²) in [7, 11) is -4.59. The molecule has 3 heterocycles. The van der Waals surface area contributed by atoms with Crippen molar-refractivity contribution in [3.8, 4) is 5.69 Å². The Labute approximate surface area is 331 Å². The van der Waals surface area contributed by atoms with Gasteiger partial charge in [-0.3, -0.25) is 4.79 Å². The number of nitrogens with zero attached hydrogens (tertiary/aromatic N) is 3. The number of ether oxygens (including phenoxy) is 1. The number of allylic oxidation sites excluding steroid dienone is 2. The number of Topliss-reactive ketones (excluding diaryl/α,β-unsaturated/α-hetero) is 1. The van der Waals surface area contributed by atoms with E-state index in [4.69, 9.17) is 13.6 Å². The smallest absolute Gasteiger partial charge is 0.352 e. The minimum atomic E-state index is -2.34. The van der Waals surface area contributed by atoms with Gasteiger partial charge in [0.25, 0.3) is 0 Å². The number of carbonyl (C=O) groups excluding carboxylic acids is 1. The molecule has 11 heteroatoms. The molecule has 2 aliphatic heterocycles. The molecule has 0 unspecified atom stereocenters. The van der Waals surface area contributed by atoms with Gasteiger partial charge in [-0.15, -0.1) is 0 Å². The van der Waals surface area contributed by atoms with Crippen molar-refractivity contribution >= 4 is 22.4 Å². The van der Waals surface area contributed by atoms with Gasteiger partial charge in [-0.05, 0) is 111 Å². The number of carbonyl (C=O) groups is 1. The summed E-state index contributed by atoms with van der Waals surface area (Å²) in [6.45, 7) is 30.6. The number of ketones is 1. The molecule has 2 bridgehead atoms. The van der Waals surface area contributed by atoms with Crippen LogP contribution in [0.25, 0.3) is 5.69 Å². The van der Waals surface area contributed by atoms with Crippen molar-refractivity contribution in [3.05, 3.63) is 63.5 Å². The maximum atomic E-state index is 15.4. The Balaban J connectivity index is 1.47. The number of para-hydroxylation sites is 1. The number of aromatic nitrogens is 3. The van der Waals surface area contributed by atoms with Crippen molar-refractivity contribution in [1.29, 1.82) is 0 Å². The van der Waals surface area contributed by atoms with E-state index in [1.807, 2.05) is 39.7 Å². The number of fused-ring (bicyclic) bond motifs is 1. The highest BCUT2D eigenvalue weighted by Gasteiger charge is 2.77. The lowest BCUT2D eigenvalue weighted by atomic mass is 9.40. The van der Waals surface area contributed by atoms with Crippen molar-refractivity contribution in [1.82, 2.24) is 13.9 Å². The summed E-state index contributed by atoms with van der Waals surface area (Å²) >= 11 is 0. The van der Waals surface area contributed by atoms with E-state index in [0.717, 1.165) is 32.1 Å². The summed E-state index contributed by atoms with van der Waals surface area (Å²) in [6.07, 6.45) is 10.1. The Hall–Kier alpha value is -2.32. The lowest BCUT2D eigenvalue weighted by Gasteiger charge is -2.73. The van der Waals surface area contributed by atoms with E-state index in [0.29, 0.717) is 31.7 Å². The SMILES string of the molecule is CC(=O)CCOC[C@H]1CC[C@@H]2[C@]1(C)CC[C@H]1[C@]23C=C[C@]2(C[C@@H](O[Si](C)(C)C(C)(C)C)C[C@H](O[Si](C)(C)C(C)(C)C)[C@]12C)n1c(=O)n(-c2ccccc2)c(=O)n13. The molecule has 8 rings (SSSR count). The van der Waals surface area contributed by atoms with E-state index in [2.05, 4.69) is 93.7 Å². The summed E-state index contributed by atoms with van der Waals surface area (Å²) in [6, 6.07) is 9.47. The molecular weight excluding hydrogens is 723 g/mol. The van der Waals surface area contributed by atoms with Gasteiger partial charge < -0.3 is 13.6 Å². The highest BCUT2D eigenvalue weighted by molar-refractivity contribution is 6.74. The van der Waals surface area contributed by atoms with Gasteiger partial charge in [0.1, 0.15) is 5.78 Å². The molecule has 1 aromatic carbocycles. The van der Waals surface area contributed by atoms with Gasteiger partial charge in [-0.25, -0.2) is 23.5 Å². The van der Waals surface area contributed by atoms with Crippen LogP contribution in [0.5, 0.6) is 0 Å². The second-order valence-electron chi connectivity index (χ2n) is 21.5. The minimum absolute atomic E-state index is 0.00349. The summed E-state index contributed by atoms with van der Waals surface area (Å²) < 4.78 is 26.7. The third kappa shape index (κ3) is 5.77. The van der Waals surface area contributed by atoms with Gasteiger partial charge >= 0.3 is 11.4 Å². The van der Waals surface area contributed by atoms with Gasteiger partial charge in [-0.2, -0.15) is 0 Å². The van der Waals surface area contributed by atoms with Crippen molar-refractivity contribution in [2.45, 2.75) is 167 Å². The lowest BCUT2D eigenvalue weighted by Crippen LogP contribution is -2.80. The van der Waals surface area contributed by atoms with Crippen LogP contribution in [-0.4, -0.2) is 61.8 Å². The number of hydrogen-bond donors (Lipinski definition) is 0. The van der Waals surface area contributed by atoms with Gasteiger partial charge in [0.15, 0.2) is 16.6 Å². The molecule has 55 heavy (non-hydrogen) atoms. The third-order valence-corrected chi connectivity index (χ3v) is 25.7. The summed E-state index contributed by atoms with van der Waals surface area (Å²) in [5.41, 5.74) is -2.13. The molecule has 0 radical (unpaired) electrons. The number of rotatable bonds is 10. The third-order valence-electron chi connectivity index (χ3n) is 16.7. The number of hydrogen-bond acceptors (Lipinski definition) is 6. The largest absolute Gasteiger partial charge is 0.414 e. The lowest BCUT2D eigenvalue weighted by molar-refractivity contribution is -0.234. The van der Waals surface area contributed by atoms with Crippen molar-refractivity contribution < 1.29 is 18.4 Å². The molecule has 3 saturated carbocycles. The van der Waals surface area contributed by atoms with Crippen LogP contribution in [0, 0.1) is 28.6 Å². The minimum Gasteiger partial charge on any atom is -0.414 e.